The Morgan fingerprint density at radius 1 is 1.08 bits per heavy atom. The molecule has 25 heavy (non-hydrogen) atoms. The first kappa shape index (κ1) is 18.9. The number of fused-ring (bicyclic) bond motifs is 1. The molecule has 0 atom stereocenters. The molecule has 10 heteroatoms. The molecule has 0 bridgehead atoms. The second-order valence-electron chi connectivity index (χ2n) is 5.15. The fourth-order valence-electron chi connectivity index (χ4n) is 2.03. The molecule has 1 aromatic rings. The van der Waals surface area contributed by atoms with Crippen LogP contribution in [-0.4, -0.2) is 54.1 Å². The first-order valence-electron chi connectivity index (χ1n) is 6.97. The Bertz CT molecular complexity index is 751. The normalized spacial score (nSPS) is 12.8. The minimum absolute atomic E-state index is 0.0491. The highest BCUT2D eigenvalue weighted by atomic mass is 35.5. The predicted octanol–water partition coefficient (Wildman–Crippen LogP) is 0.838. The quantitative estimate of drug-likeness (QED) is 0.572. The van der Waals surface area contributed by atoms with Gasteiger partial charge in [0.1, 0.15) is 19.7 Å². The van der Waals surface area contributed by atoms with Crippen LogP contribution in [0.2, 0.25) is 10.0 Å². The summed E-state index contributed by atoms with van der Waals surface area (Å²) in [6.45, 7) is -0.226. The van der Waals surface area contributed by atoms with E-state index in [9.17, 15) is 24.0 Å². The molecule has 0 saturated carbocycles. The van der Waals surface area contributed by atoms with Crippen molar-refractivity contribution in [2.75, 3.05) is 19.7 Å². The summed E-state index contributed by atoms with van der Waals surface area (Å²) in [6, 6.07) is 2.52. The molecule has 0 saturated heterocycles. The molecule has 0 spiro atoms. The average molecular weight is 387 g/mol. The van der Waals surface area contributed by atoms with Crippen molar-refractivity contribution in [3.8, 4) is 0 Å². The van der Waals surface area contributed by atoms with Crippen molar-refractivity contribution < 1.29 is 28.7 Å². The largest absolute Gasteiger partial charge is 0.456 e. The van der Waals surface area contributed by atoms with Gasteiger partial charge in [-0.3, -0.25) is 28.9 Å². The molecule has 2 rings (SSSR count). The summed E-state index contributed by atoms with van der Waals surface area (Å²) < 4.78 is 4.56. The van der Waals surface area contributed by atoms with E-state index in [4.69, 9.17) is 23.2 Å². The summed E-state index contributed by atoms with van der Waals surface area (Å²) in [6.07, 6.45) is 0. The monoisotopic (exact) mass is 386 g/mol. The van der Waals surface area contributed by atoms with Crippen LogP contribution in [0.5, 0.6) is 0 Å². The van der Waals surface area contributed by atoms with Gasteiger partial charge in [-0.15, -0.1) is 0 Å². The summed E-state index contributed by atoms with van der Waals surface area (Å²) in [5.74, 6) is -3.28. The molecule has 132 valence electrons. The second kappa shape index (κ2) is 7.62. The van der Waals surface area contributed by atoms with Gasteiger partial charge in [0.05, 0.1) is 21.2 Å². The fraction of sp³-hybridized carbons (Fsp3) is 0.267. The van der Waals surface area contributed by atoms with Crippen LogP contribution in [-0.2, 0) is 19.1 Å². The standard InChI is InChI=1S/C15H12Cl2N2O6/c1-7(20)6-25-13(22)4-18-12(21)5-19-14(23)8-2-10(16)11(17)3-9(8)15(19)24/h2-3H,4-6H2,1H3,(H,18,21). The van der Waals surface area contributed by atoms with Crippen molar-refractivity contribution in [2.45, 2.75) is 6.92 Å². The van der Waals surface area contributed by atoms with Crippen LogP contribution in [0.1, 0.15) is 27.6 Å². The van der Waals surface area contributed by atoms with Crippen LogP contribution in [0.3, 0.4) is 0 Å². The Hall–Kier alpha value is -2.45. The van der Waals surface area contributed by atoms with Crippen LogP contribution >= 0.6 is 23.2 Å². The summed E-state index contributed by atoms with van der Waals surface area (Å²) in [7, 11) is 0. The molecule has 1 N–H and O–H groups in total. The number of rotatable bonds is 6. The van der Waals surface area contributed by atoms with E-state index in [1.807, 2.05) is 0 Å². The first-order chi connectivity index (χ1) is 11.7. The second-order valence-corrected chi connectivity index (χ2v) is 5.96. The highest BCUT2D eigenvalue weighted by molar-refractivity contribution is 6.43. The third kappa shape index (κ3) is 4.34. The third-order valence-corrected chi connectivity index (χ3v) is 3.90. The van der Waals surface area contributed by atoms with Crippen molar-refractivity contribution in [3.05, 3.63) is 33.3 Å². The number of amides is 3. The van der Waals surface area contributed by atoms with Gasteiger partial charge >= 0.3 is 5.97 Å². The lowest BCUT2D eigenvalue weighted by Crippen LogP contribution is -2.42. The highest BCUT2D eigenvalue weighted by Gasteiger charge is 2.37. The van der Waals surface area contributed by atoms with Gasteiger partial charge in [0.2, 0.25) is 5.91 Å². The smallest absolute Gasteiger partial charge is 0.325 e. The number of nitrogens with zero attached hydrogens (tertiary/aromatic N) is 1. The molecule has 1 heterocycles. The summed E-state index contributed by atoms with van der Waals surface area (Å²) >= 11 is 11.7. The molecule has 0 aromatic heterocycles. The number of carbonyl (C=O) groups is 5. The molecule has 0 radical (unpaired) electrons. The lowest BCUT2D eigenvalue weighted by molar-refractivity contribution is -0.147. The van der Waals surface area contributed by atoms with Gasteiger partial charge in [0.15, 0.2) is 5.78 Å². The van der Waals surface area contributed by atoms with Crippen LogP contribution in [0.15, 0.2) is 12.1 Å². The van der Waals surface area contributed by atoms with Gasteiger partial charge in [-0.2, -0.15) is 0 Å². The lowest BCUT2D eigenvalue weighted by atomic mass is 10.1. The number of esters is 1. The molecule has 8 nitrogen and oxygen atoms in total. The maximum absolute atomic E-state index is 12.2. The molecule has 1 aliphatic heterocycles. The van der Waals surface area contributed by atoms with E-state index in [1.54, 1.807) is 0 Å². The topological polar surface area (TPSA) is 110 Å². The van der Waals surface area contributed by atoms with Gasteiger partial charge in [-0.25, -0.2) is 0 Å². The number of ether oxygens (including phenoxy) is 1. The van der Waals surface area contributed by atoms with Crippen LogP contribution in [0, 0.1) is 0 Å². The van der Waals surface area contributed by atoms with Crippen LogP contribution in [0.25, 0.3) is 0 Å². The van der Waals surface area contributed by atoms with E-state index in [-0.39, 0.29) is 27.0 Å². The molecule has 0 unspecified atom stereocenters. The van der Waals surface area contributed by atoms with E-state index in [0.29, 0.717) is 4.90 Å². The number of Topliss-reactive ketones (excluding diaryl/α,β-unsaturated/α-hetero) is 1. The van der Waals surface area contributed by atoms with Crippen molar-refractivity contribution in [1.29, 1.82) is 0 Å². The number of benzene rings is 1. The Morgan fingerprint density at radius 2 is 1.60 bits per heavy atom. The third-order valence-electron chi connectivity index (χ3n) is 3.18. The van der Waals surface area contributed by atoms with Gasteiger partial charge in [0, 0.05) is 0 Å². The number of hydrogen-bond acceptors (Lipinski definition) is 6. The minimum atomic E-state index is -0.815. The Balaban J connectivity index is 1.96. The molecule has 0 fully saturated rings. The van der Waals surface area contributed by atoms with E-state index in [0.717, 1.165) is 0 Å². The Labute approximate surface area is 152 Å². The number of carbonyl (C=O) groups excluding carboxylic acids is 5. The van der Waals surface area contributed by atoms with Crippen LogP contribution in [0.4, 0.5) is 0 Å². The Morgan fingerprint density at radius 3 is 2.08 bits per heavy atom. The summed E-state index contributed by atoms with van der Waals surface area (Å²) in [5.41, 5.74) is 0.0983. The van der Waals surface area contributed by atoms with E-state index in [1.165, 1.54) is 19.1 Å². The van der Waals surface area contributed by atoms with Gasteiger partial charge in [0.25, 0.3) is 11.8 Å². The lowest BCUT2D eigenvalue weighted by Gasteiger charge is -2.13. The van der Waals surface area contributed by atoms with Crippen molar-refractivity contribution >= 4 is 52.7 Å². The number of ketones is 1. The van der Waals surface area contributed by atoms with Crippen LogP contribution < -0.4 is 5.32 Å². The number of nitrogens with one attached hydrogen (secondary N) is 1. The zero-order valence-electron chi connectivity index (χ0n) is 12.9. The average Bonchev–Trinajstić information content (AvgIpc) is 2.76. The molecular formula is C15H12Cl2N2O6. The maximum Gasteiger partial charge on any atom is 0.325 e. The molecule has 0 aliphatic carbocycles. The minimum Gasteiger partial charge on any atom is -0.456 e. The first-order valence-corrected chi connectivity index (χ1v) is 7.73. The van der Waals surface area contributed by atoms with Crippen molar-refractivity contribution in [2.24, 2.45) is 0 Å². The zero-order valence-corrected chi connectivity index (χ0v) is 14.4. The fourth-order valence-corrected chi connectivity index (χ4v) is 2.36. The van der Waals surface area contributed by atoms with Crippen molar-refractivity contribution in [3.63, 3.8) is 0 Å². The van der Waals surface area contributed by atoms with E-state index >= 15 is 0 Å². The Kier molecular flexibility index (Phi) is 5.76. The number of halogens is 2. The maximum atomic E-state index is 12.2. The van der Waals surface area contributed by atoms with Crippen molar-refractivity contribution in [1.82, 2.24) is 10.2 Å². The molecule has 1 aliphatic rings. The SMILES string of the molecule is CC(=O)COC(=O)CNC(=O)CN1C(=O)c2cc(Cl)c(Cl)cc2C1=O. The predicted molar refractivity (Wildman–Crippen MR) is 86.5 cm³/mol. The molecule has 1 aromatic carbocycles. The van der Waals surface area contributed by atoms with E-state index in [2.05, 4.69) is 10.1 Å². The zero-order chi connectivity index (χ0) is 18.7. The molecule has 3 amide bonds. The highest BCUT2D eigenvalue weighted by Crippen LogP contribution is 2.31. The number of hydrogen-bond donors (Lipinski definition) is 1. The van der Waals surface area contributed by atoms with E-state index < -0.39 is 43.4 Å². The summed E-state index contributed by atoms with van der Waals surface area (Å²) in [4.78, 5) is 59.0. The van der Waals surface area contributed by atoms with Gasteiger partial charge in [-0.1, -0.05) is 23.2 Å². The summed E-state index contributed by atoms with van der Waals surface area (Å²) in [5, 5.41) is 2.42. The molecular weight excluding hydrogens is 375 g/mol. The number of imide groups is 1. The van der Waals surface area contributed by atoms with Gasteiger partial charge in [-0.05, 0) is 19.1 Å². The van der Waals surface area contributed by atoms with Gasteiger partial charge < -0.3 is 10.1 Å².